The predicted molar refractivity (Wildman–Crippen MR) is 144 cm³/mol. The Labute approximate surface area is 219 Å². The third-order valence-electron chi connectivity index (χ3n) is 5.77. The summed E-state index contributed by atoms with van der Waals surface area (Å²) in [5, 5.41) is 0.637. The number of thiazole rings is 1. The molecule has 188 valence electrons. The van der Waals surface area contributed by atoms with Gasteiger partial charge in [0.25, 0.3) is 15.9 Å². The zero-order chi connectivity index (χ0) is 25.9. The molecule has 0 fully saturated rings. The molecule has 0 unspecified atom stereocenters. The smallest absolute Gasteiger partial charge is 0.279 e. The molecule has 0 atom stereocenters. The quantitative estimate of drug-likeness (QED) is 0.303. The highest BCUT2D eigenvalue weighted by molar-refractivity contribution is 7.92. The van der Waals surface area contributed by atoms with E-state index in [0.717, 1.165) is 15.8 Å². The Hall–Kier alpha value is -2.98. The van der Waals surface area contributed by atoms with Crippen molar-refractivity contribution in [3.05, 3.63) is 87.7 Å². The van der Waals surface area contributed by atoms with Gasteiger partial charge in [-0.05, 0) is 67.9 Å². The van der Waals surface area contributed by atoms with Crippen LogP contribution in [0.4, 0.5) is 5.69 Å². The van der Waals surface area contributed by atoms with Gasteiger partial charge in [-0.25, -0.2) is 8.42 Å². The summed E-state index contributed by atoms with van der Waals surface area (Å²) in [7, 11) is -2.17. The van der Waals surface area contributed by atoms with Gasteiger partial charge in [-0.15, -0.1) is 0 Å². The molecule has 0 saturated carbocycles. The van der Waals surface area contributed by atoms with Gasteiger partial charge in [0.15, 0.2) is 4.80 Å². The summed E-state index contributed by atoms with van der Waals surface area (Å²) < 4.78 is 35.9. The van der Waals surface area contributed by atoms with Crippen molar-refractivity contribution in [1.29, 1.82) is 0 Å². The van der Waals surface area contributed by atoms with Crippen molar-refractivity contribution < 1.29 is 17.9 Å². The number of rotatable bonds is 8. The van der Waals surface area contributed by atoms with Crippen LogP contribution in [0.1, 0.15) is 22.8 Å². The number of anilines is 1. The van der Waals surface area contributed by atoms with Crippen LogP contribution in [0.5, 0.6) is 0 Å². The van der Waals surface area contributed by atoms with Gasteiger partial charge in [0, 0.05) is 30.8 Å². The molecule has 10 heteroatoms. The molecule has 0 aliphatic carbocycles. The zero-order valence-electron chi connectivity index (χ0n) is 20.1. The SMILES string of the molecule is CCN(c1ccccc1)S(=O)(=O)c1ccc(C(=O)N=c2sc3ccc(Cl)c(C)c3n2CCOC)cc1. The van der Waals surface area contributed by atoms with Crippen molar-refractivity contribution in [3.8, 4) is 0 Å². The van der Waals surface area contributed by atoms with E-state index in [-0.39, 0.29) is 11.4 Å². The number of aromatic nitrogens is 1. The van der Waals surface area contributed by atoms with Gasteiger partial charge in [0.05, 0.1) is 27.4 Å². The number of hydrogen-bond acceptors (Lipinski definition) is 5. The first-order valence-electron chi connectivity index (χ1n) is 11.3. The van der Waals surface area contributed by atoms with Crippen molar-refractivity contribution in [2.45, 2.75) is 25.3 Å². The second-order valence-corrected chi connectivity index (χ2v) is 11.3. The van der Waals surface area contributed by atoms with Crippen molar-refractivity contribution in [3.63, 3.8) is 0 Å². The second kappa shape index (κ2) is 11.0. The highest BCUT2D eigenvalue weighted by atomic mass is 35.5. The fourth-order valence-corrected chi connectivity index (χ4v) is 6.66. The molecule has 4 aromatic rings. The summed E-state index contributed by atoms with van der Waals surface area (Å²) >= 11 is 7.73. The molecular formula is C26H26ClN3O4S2. The number of sulfonamides is 1. The summed E-state index contributed by atoms with van der Waals surface area (Å²) in [5.74, 6) is -0.462. The molecule has 0 spiro atoms. The van der Waals surface area contributed by atoms with E-state index >= 15 is 0 Å². The van der Waals surface area contributed by atoms with Crippen LogP contribution in [0.3, 0.4) is 0 Å². The van der Waals surface area contributed by atoms with E-state index in [4.69, 9.17) is 16.3 Å². The third-order valence-corrected chi connectivity index (χ3v) is 9.14. The Morgan fingerprint density at radius 3 is 2.42 bits per heavy atom. The van der Waals surface area contributed by atoms with Crippen LogP contribution in [0.15, 0.2) is 76.6 Å². The summed E-state index contributed by atoms with van der Waals surface area (Å²) in [6.07, 6.45) is 0. The molecule has 3 aromatic carbocycles. The Kier molecular flexibility index (Phi) is 7.94. The van der Waals surface area contributed by atoms with Gasteiger partial charge < -0.3 is 9.30 Å². The summed E-state index contributed by atoms with van der Waals surface area (Å²) in [5.41, 5.74) is 2.69. The lowest BCUT2D eigenvalue weighted by atomic mass is 10.2. The molecule has 4 rings (SSSR count). The highest BCUT2D eigenvalue weighted by Crippen LogP contribution is 2.27. The van der Waals surface area contributed by atoms with Crippen molar-refractivity contribution in [1.82, 2.24) is 4.57 Å². The maximum absolute atomic E-state index is 13.2. The number of ether oxygens (including phenoxy) is 1. The molecule has 36 heavy (non-hydrogen) atoms. The second-order valence-electron chi connectivity index (χ2n) is 7.99. The standard InChI is InChI=1S/C26H26ClN3O4S2/c1-4-30(20-8-6-5-7-9-20)36(32,33)21-12-10-19(11-13-21)25(31)28-26-29(16-17-34-3)24-18(2)22(27)14-15-23(24)35-26/h5-15H,4,16-17H2,1-3H3. The minimum Gasteiger partial charge on any atom is -0.383 e. The van der Waals surface area contributed by atoms with Crippen LogP contribution in [0, 0.1) is 6.92 Å². The van der Waals surface area contributed by atoms with Crippen molar-refractivity contribution >= 4 is 54.8 Å². The summed E-state index contributed by atoms with van der Waals surface area (Å²) in [6, 6.07) is 18.5. The lowest BCUT2D eigenvalue weighted by Gasteiger charge is -2.22. The average Bonchev–Trinajstić information content (AvgIpc) is 3.23. The van der Waals surface area contributed by atoms with E-state index in [1.807, 2.05) is 29.7 Å². The first-order valence-corrected chi connectivity index (χ1v) is 14.0. The van der Waals surface area contributed by atoms with E-state index in [0.29, 0.717) is 34.2 Å². The lowest BCUT2D eigenvalue weighted by Crippen LogP contribution is -2.30. The molecule has 1 aromatic heterocycles. The minimum absolute atomic E-state index is 0.104. The van der Waals surface area contributed by atoms with Crippen LogP contribution < -0.4 is 9.11 Å². The summed E-state index contributed by atoms with van der Waals surface area (Å²) in [4.78, 5) is 18.0. The van der Waals surface area contributed by atoms with Gasteiger partial charge >= 0.3 is 0 Å². The van der Waals surface area contributed by atoms with E-state index in [2.05, 4.69) is 4.99 Å². The largest absolute Gasteiger partial charge is 0.383 e. The Bertz CT molecular complexity index is 1560. The molecule has 0 bridgehead atoms. The van der Waals surface area contributed by atoms with Crippen LogP contribution >= 0.6 is 22.9 Å². The van der Waals surface area contributed by atoms with Gasteiger partial charge in [0.1, 0.15) is 0 Å². The number of aryl methyl sites for hydroxylation is 1. The van der Waals surface area contributed by atoms with Crippen LogP contribution in [0.2, 0.25) is 5.02 Å². The predicted octanol–water partition coefficient (Wildman–Crippen LogP) is 5.27. The fraction of sp³-hybridized carbons (Fsp3) is 0.231. The van der Waals surface area contributed by atoms with E-state index in [1.165, 1.54) is 39.9 Å². The van der Waals surface area contributed by atoms with Crippen molar-refractivity contribution in [2.75, 3.05) is 24.6 Å². The molecule has 0 saturated heterocycles. The highest BCUT2D eigenvalue weighted by Gasteiger charge is 2.23. The van der Waals surface area contributed by atoms with Gasteiger partial charge in [0.2, 0.25) is 0 Å². The fourth-order valence-electron chi connectivity index (χ4n) is 3.92. The zero-order valence-corrected chi connectivity index (χ0v) is 22.5. The maximum atomic E-state index is 13.2. The molecular weight excluding hydrogens is 518 g/mol. The normalized spacial score (nSPS) is 12.3. The van der Waals surface area contributed by atoms with Crippen LogP contribution in [-0.2, 0) is 21.3 Å². The number of carbonyl (C=O) groups is 1. The third kappa shape index (κ3) is 5.10. The number of halogens is 1. The van der Waals surface area contributed by atoms with Crippen molar-refractivity contribution in [2.24, 2.45) is 4.99 Å². The first-order chi connectivity index (χ1) is 17.3. The number of carbonyl (C=O) groups excluding carboxylic acids is 1. The molecule has 1 amide bonds. The van der Waals surface area contributed by atoms with Crippen LogP contribution in [-0.4, -0.2) is 39.2 Å². The topological polar surface area (TPSA) is 81.0 Å². The number of methoxy groups -OCH3 is 1. The monoisotopic (exact) mass is 543 g/mol. The molecule has 1 heterocycles. The maximum Gasteiger partial charge on any atom is 0.279 e. The van der Waals surface area contributed by atoms with E-state index < -0.39 is 15.9 Å². The number of para-hydroxylation sites is 1. The number of benzene rings is 3. The van der Waals surface area contributed by atoms with E-state index in [1.54, 1.807) is 38.3 Å². The van der Waals surface area contributed by atoms with Crippen LogP contribution in [0.25, 0.3) is 10.2 Å². The number of hydrogen-bond donors (Lipinski definition) is 0. The molecule has 0 N–H and O–H groups in total. The molecule has 0 aliphatic rings. The molecule has 0 radical (unpaired) electrons. The van der Waals surface area contributed by atoms with E-state index in [9.17, 15) is 13.2 Å². The Balaban J connectivity index is 1.69. The first kappa shape index (κ1) is 26.1. The Morgan fingerprint density at radius 1 is 1.08 bits per heavy atom. The number of amides is 1. The number of nitrogens with zero attached hydrogens (tertiary/aromatic N) is 3. The Morgan fingerprint density at radius 2 is 1.78 bits per heavy atom. The minimum atomic E-state index is -3.79. The average molecular weight is 544 g/mol. The van der Waals surface area contributed by atoms with Gasteiger partial charge in [-0.3, -0.25) is 9.10 Å². The summed E-state index contributed by atoms with van der Waals surface area (Å²) in [6.45, 7) is 4.94. The van der Waals surface area contributed by atoms with Gasteiger partial charge in [-0.2, -0.15) is 4.99 Å². The molecule has 0 aliphatic heterocycles. The lowest BCUT2D eigenvalue weighted by molar-refractivity contribution is 0.0997. The molecule has 7 nitrogen and oxygen atoms in total. The number of fused-ring (bicyclic) bond motifs is 1. The van der Waals surface area contributed by atoms with Gasteiger partial charge in [-0.1, -0.05) is 41.1 Å².